The van der Waals surface area contributed by atoms with Gasteiger partial charge >= 0.3 is 19.4 Å². The molecule has 1 aliphatic rings. The Morgan fingerprint density at radius 2 is 1.95 bits per heavy atom. The summed E-state index contributed by atoms with van der Waals surface area (Å²) in [6.07, 6.45) is -2.37. The molecule has 15 nitrogen and oxygen atoms in total. The van der Waals surface area contributed by atoms with Crippen LogP contribution in [0.2, 0.25) is 0 Å². The molecule has 0 aromatic carbocycles. The number of rotatable bonds is 12. The summed E-state index contributed by atoms with van der Waals surface area (Å²) in [5.41, 5.74) is -2.97. The minimum absolute atomic E-state index is 0.0618. The summed E-state index contributed by atoms with van der Waals surface area (Å²) in [6, 6.07) is 1.27. The summed E-state index contributed by atoms with van der Waals surface area (Å²) < 4.78 is 46.2. The van der Waals surface area contributed by atoms with Gasteiger partial charge in [-0.15, -0.1) is 0 Å². The minimum Gasteiger partial charge on any atom is -0.506 e. The predicted molar refractivity (Wildman–Crippen MR) is 149 cm³/mol. The standard InChI is InChI=1S/C26H37FN5O10P/c1-13(2)22(35)30-19-7-8-32(25(37)31-19)24-26(6,27)21(42-23(36)14(3)4)18(41-24)12-40-43(38,39)29-10-17-16(11-33)9-28-15(5)20(17)34/h7-9,13-14,18,21,24,33-34H,10-12H2,1-6H3,(H2,29,38,39)(H,30,31,35,37)/t18-,21?,24-,26?/m1/s1. The van der Waals surface area contributed by atoms with Gasteiger partial charge in [0.15, 0.2) is 18.0 Å². The largest absolute Gasteiger partial charge is 0.506 e. The monoisotopic (exact) mass is 629 g/mol. The number of amides is 1. The van der Waals surface area contributed by atoms with Crippen LogP contribution in [-0.4, -0.2) is 66.0 Å². The van der Waals surface area contributed by atoms with E-state index in [1.165, 1.54) is 33.0 Å². The number of hydrogen-bond donors (Lipinski definition) is 5. The molecule has 2 aromatic heterocycles. The predicted octanol–water partition coefficient (Wildman–Crippen LogP) is 1.84. The highest BCUT2D eigenvalue weighted by atomic mass is 31.2. The third-order valence-corrected chi connectivity index (χ3v) is 7.78. The molecule has 0 bridgehead atoms. The molecule has 0 radical (unpaired) electrons. The number of hydrogen-bond acceptors (Lipinski definition) is 11. The van der Waals surface area contributed by atoms with E-state index in [9.17, 15) is 34.1 Å². The maximum atomic E-state index is 16.3. The molecule has 3 rings (SSSR count). The van der Waals surface area contributed by atoms with E-state index in [-0.39, 0.29) is 40.2 Å². The number of aliphatic hydroxyl groups excluding tert-OH is 1. The highest BCUT2D eigenvalue weighted by Gasteiger charge is 2.58. The Kier molecular flexibility index (Phi) is 10.8. The Hall–Kier alpha value is -3.27. The number of nitrogens with zero attached hydrogens (tertiary/aromatic N) is 3. The molecular formula is C26H37FN5O10P. The lowest BCUT2D eigenvalue weighted by Gasteiger charge is -2.28. The number of alkyl halides is 1. The molecule has 0 saturated carbocycles. The second kappa shape index (κ2) is 13.6. The average molecular weight is 630 g/mol. The number of aryl methyl sites for hydroxylation is 1. The Balaban J connectivity index is 1.83. The first kappa shape index (κ1) is 34.2. The highest BCUT2D eigenvalue weighted by molar-refractivity contribution is 7.50. The van der Waals surface area contributed by atoms with Crippen molar-refractivity contribution in [2.75, 3.05) is 11.9 Å². The van der Waals surface area contributed by atoms with Crippen molar-refractivity contribution in [1.82, 2.24) is 19.6 Å². The van der Waals surface area contributed by atoms with Crippen molar-refractivity contribution in [3.05, 3.63) is 45.8 Å². The first-order chi connectivity index (χ1) is 20.0. The van der Waals surface area contributed by atoms with Gasteiger partial charge in [0, 0.05) is 36.0 Å². The lowest BCUT2D eigenvalue weighted by atomic mass is 9.98. The first-order valence-corrected chi connectivity index (χ1v) is 15.0. The number of ether oxygens (including phenoxy) is 2. The number of carbonyl (C=O) groups excluding carboxylic acids is 2. The lowest BCUT2D eigenvalue weighted by Crippen LogP contribution is -2.46. The van der Waals surface area contributed by atoms with Gasteiger partial charge in [-0.3, -0.25) is 23.7 Å². The number of nitrogens with one attached hydrogen (secondary N) is 2. The van der Waals surface area contributed by atoms with Crippen LogP contribution in [0.25, 0.3) is 0 Å². The van der Waals surface area contributed by atoms with Crippen molar-refractivity contribution in [3.8, 4) is 5.75 Å². The van der Waals surface area contributed by atoms with Crippen molar-refractivity contribution < 1.29 is 47.6 Å². The molecule has 1 aliphatic heterocycles. The third kappa shape index (κ3) is 8.02. The molecular weight excluding hydrogens is 592 g/mol. The number of anilines is 1. The van der Waals surface area contributed by atoms with E-state index in [4.69, 9.17) is 14.0 Å². The number of halogens is 1. The van der Waals surface area contributed by atoms with Crippen LogP contribution in [0.4, 0.5) is 10.2 Å². The maximum absolute atomic E-state index is 16.3. The Bertz CT molecular complexity index is 1450. The smallest absolute Gasteiger partial charge is 0.403 e. The molecule has 3 unspecified atom stereocenters. The summed E-state index contributed by atoms with van der Waals surface area (Å²) >= 11 is 0. The fraction of sp³-hybridized carbons (Fsp3) is 0.577. The van der Waals surface area contributed by atoms with E-state index in [0.717, 1.165) is 17.7 Å². The topological polar surface area (TPSA) is 211 Å². The van der Waals surface area contributed by atoms with Crippen molar-refractivity contribution >= 4 is 25.4 Å². The molecule has 43 heavy (non-hydrogen) atoms. The van der Waals surface area contributed by atoms with Crippen LogP contribution in [0.1, 0.15) is 57.7 Å². The Labute approximate surface area is 247 Å². The molecule has 17 heteroatoms. The molecule has 1 amide bonds. The zero-order valence-electron chi connectivity index (χ0n) is 24.6. The molecule has 1 fully saturated rings. The van der Waals surface area contributed by atoms with Crippen LogP contribution in [0.3, 0.4) is 0 Å². The first-order valence-electron chi connectivity index (χ1n) is 13.4. The summed E-state index contributed by atoms with van der Waals surface area (Å²) in [4.78, 5) is 55.4. The van der Waals surface area contributed by atoms with Crippen molar-refractivity contribution in [3.63, 3.8) is 0 Å². The maximum Gasteiger partial charge on any atom is 0.403 e. The number of pyridine rings is 1. The minimum atomic E-state index is -4.65. The van der Waals surface area contributed by atoms with Gasteiger partial charge in [-0.1, -0.05) is 27.7 Å². The van der Waals surface area contributed by atoms with Crippen molar-refractivity contribution in [2.45, 2.75) is 78.8 Å². The van der Waals surface area contributed by atoms with Gasteiger partial charge < -0.3 is 29.9 Å². The zero-order chi connectivity index (χ0) is 32.3. The van der Waals surface area contributed by atoms with Crippen LogP contribution in [0.15, 0.2) is 23.3 Å². The number of carbonyl (C=O) groups is 2. The zero-order valence-corrected chi connectivity index (χ0v) is 25.5. The summed E-state index contributed by atoms with van der Waals surface area (Å²) in [5, 5.41) is 24.5. The van der Waals surface area contributed by atoms with Gasteiger partial charge in [0.1, 0.15) is 17.7 Å². The van der Waals surface area contributed by atoms with E-state index in [1.54, 1.807) is 13.8 Å². The molecule has 238 valence electrons. The number of esters is 1. The fourth-order valence-corrected chi connectivity index (χ4v) is 4.94. The van der Waals surface area contributed by atoms with Crippen LogP contribution >= 0.6 is 7.75 Å². The number of aliphatic hydroxyl groups is 1. The van der Waals surface area contributed by atoms with Crippen molar-refractivity contribution in [1.29, 1.82) is 0 Å². The van der Waals surface area contributed by atoms with Crippen LogP contribution in [0.5, 0.6) is 5.75 Å². The van der Waals surface area contributed by atoms with E-state index in [1.807, 2.05) is 0 Å². The van der Waals surface area contributed by atoms with Gasteiger partial charge in [-0.25, -0.2) is 18.8 Å². The van der Waals surface area contributed by atoms with Gasteiger partial charge in [0.05, 0.1) is 24.8 Å². The van der Waals surface area contributed by atoms with Gasteiger partial charge in [-0.2, -0.15) is 4.98 Å². The second-order valence-electron chi connectivity index (χ2n) is 10.8. The van der Waals surface area contributed by atoms with E-state index < -0.39 is 69.2 Å². The number of aromatic nitrogens is 3. The fourth-order valence-electron chi connectivity index (χ4n) is 4.14. The van der Waals surface area contributed by atoms with E-state index in [2.05, 4.69) is 20.4 Å². The Morgan fingerprint density at radius 1 is 1.28 bits per heavy atom. The lowest BCUT2D eigenvalue weighted by molar-refractivity contribution is -0.162. The molecule has 1 saturated heterocycles. The third-order valence-electron chi connectivity index (χ3n) is 6.72. The summed E-state index contributed by atoms with van der Waals surface area (Å²) in [5.74, 6) is -2.57. The SMILES string of the molecule is Cc1ncc(CO)c(CNP(=O)(O)OC[C@H]2O[C@@H](n3ccc(NC(=O)C(C)C)nc3=O)C(C)(F)C2OC(=O)C(C)C)c1O. The van der Waals surface area contributed by atoms with Crippen molar-refractivity contribution in [2.24, 2.45) is 11.8 Å². The highest BCUT2D eigenvalue weighted by Crippen LogP contribution is 2.45. The van der Waals surface area contributed by atoms with Crippen LogP contribution in [0, 0.1) is 18.8 Å². The van der Waals surface area contributed by atoms with Crippen LogP contribution < -0.4 is 16.1 Å². The number of aromatic hydroxyl groups is 1. The molecule has 5 N–H and O–H groups in total. The van der Waals surface area contributed by atoms with Gasteiger partial charge in [0.2, 0.25) is 5.91 Å². The molecule has 5 atom stereocenters. The second-order valence-corrected chi connectivity index (χ2v) is 12.5. The average Bonchev–Trinajstić information content (AvgIpc) is 3.17. The summed E-state index contributed by atoms with van der Waals surface area (Å²) in [7, 11) is -4.65. The van der Waals surface area contributed by atoms with Crippen LogP contribution in [-0.2, 0) is 41.3 Å². The van der Waals surface area contributed by atoms with Gasteiger partial charge in [0.25, 0.3) is 0 Å². The van der Waals surface area contributed by atoms with E-state index >= 15 is 4.39 Å². The van der Waals surface area contributed by atoms with Gasteiger partial charge in [-0.05, 0) is 19.9 Å². The molecule has 3 heterocycles. The summed E-state index contributed by atoms with van der Waals surface area (Å²) in [6.45, 7) is 7.24. The quantitative estimate of drug-likeness (QED) is 0.168. The Morgan fingerprint density at radius 3 is 2.53 bits per heavy atom. The van der Waals surface area contributed by atoms with E-state index in [0.29, 0.717) is 0 Å². The normalized spacial score (nSPS) is 23.4. The molecule has 0 spiro atoms. The molecule has 0 aliphatic carbocycles. The molecule has 2 aromatic rings.